The molecular weight excluding hydrogens is 316 g/mol. The van der Waals surface area contributed by atoms with Crippen molar-refractivity contribution in [2.75, 3.05) is 13.2 Å². The van der Waals surface area contributed by atoms with E-state index in [1.165, 1.54) is 18.2 Å². The van der Waals surface area contributed by atoms with Crippen LogP contribution in [0.15, 0.2) is 47.2 Å². The normalized spacial score (nSPS) is 10.5. The molecule has 23 heavy (non-hydrogen) atoms. The summed E-state index contributed by atoms with van der Waals surface area (Å²) in [5.41, 5.74) is 2.87. The van der Waals surface area contributed by atoms with Gasteiger partial charge in [0.15, 0.2) is 0 Å². The number of hydrogen-bond donors (Lipinski definition) is 3. The maximum Gasteiger partial charge on any atom is 0.274 e. The summed E-state index contributed by atoms with van der Waals surface area (Å²) in [6.45, 7) is 0.676. The summed E-state index contributed by atoms with van der Waals surface area (Å²) in [6.07, 6.45) is 3.22. The van der Waals surface area contributed by atoms with Crippen LogP contribution in [0, 0.1) is 0 Å². The maximum absolute atomic E-state index is 11.6. The number of hydroxylamine groups is 1. The number of thiophene rings is 1. The van der Waals surface area contributed by atoms with Crippen molar-refractivity contribution in [3.05, 3.63) is 58.3 Å². The topological polar surface area (TPSA) is 87.7 Å². The summed E-state index contributed by atoms with van der Waals surface area (Å²) in [4.78, 5) is 22.7. The molecule has 1 aromatic carbocycles. The second-order valence-corrected chi connectivity index (χ2v) is 5.27. The number of hydrogen-bond acceptors (Lipinski definition) is 5. The molecule has 0 aliphatic carbocycles. The third kappa shape index (κ3) is 5.57. The third-order valence-electron chi connectivity index (χ3n) is 2.86. The predicted octanol–water partition coefficient (Wildman–Crippen LogP) is 2.08. The third-order valence-corrected chi connectivity index (χ3v) is 3.56. The van der Waals surface area contributed by atoms with Gasteiger partial charge in [-0.1, -0.05) is 0 Å². The van der Waals surface area contributed by atoms with Crippen LogP contribution in [0.3, 0.4) is 0 Å². The van der Waals surface area contributed by atoms with Gasteiger partial charge in [0, 0.05) is 11.6 Å². The molecule has 2 rings (SSSR count). The zero-order chi connectivity index (χ0) is 16.5. The van der Waals surface area contributed by atoms with Gasteiger partial charge in [0.1, 0.15) is 12.4 Å². The van der Waals surface area contributed by atoms with E-state index in [1.807, 2.05) is 16.8 Å². The minimum Gasteiger partial charge on any atom is -0.492 e. The fraction of sp³-hybridized carbons (Fsp3) is 0.125. The second kappa shape index (κ2) is 8.72. The Balaban J connectivity index is 1.68. The largest absolute Gasteiger partial charge is 0.492 e. The molecule has 3 N–H and O–H groups in total. The second-order valence-electron chi connectivity index (χ2n) is 4.49. The molecule has 0 spiro atoms. The highest BCUT2D eigenvalue weighted by atomic mass is 32.1. The van der Waals surface area contributed by atoms with E-state index < -0.39 is 5.91 Å². The van der Waals surface area contributed by atoms with Crippen LogP contribution in [0.1, 0.15) is 15.9 Å². The Morgan fingerprint density at radius 3 is 2.65 bits per heavy atom. The Labute approximate surface area is 137 Å². The number of carbonyl (C=O) groups is 2. The molecule has 2 aromatic rings. The smallest absolute Gasteiger partial charge is 0.274 e. The summed E-state index contributed by atoms with van der Waals surface area (Å²) in [6, 6.07) is 8.22. The lowest BCUT2D eigenvalue weighted by molar-refractivity contribution is -0.116. The molecule has 0 fully saturated rings. The minimum atomic E-state index is -0.582. The van der Waals surface area contributed by atoms with Gasteiger partial charge >= 0.3 is 0 Å². The summed E-state index contributed by atoms with van der Waals surface area (Å²) in [7, 11) is 0. The Hall–Kier alpha value is -2.64. The van der Waals surface area contributed by atoms with Crippen LogP contribution in [0.5, 0.6) is 5.75 Å². The number of ether oxygens (including phenoxy) is 1. The van der Waals surface area contributed by atoms with Gasteiger partial charge in [-0.2, -0.15) is 11.3 Å². The molecule has 1 heterocycles. The van der Waals surface area contributed by atoms with Gasteiger partial charge in [-0.05, 0) is 52.7 Å². The molecule has 0 unspecified atom stereocenters. The standard InChI is InChI=1S/C16H16N2O4S/c19-15(6-1-12-7-10-23-11-12)17-8-9-22-14-4-2-13(3-5-14)16(20)18-21/h1-7,10-11,21H,8-9H2,(H,17,19)(H,18,20)/b6-1+. The van der Waals surface area contributed by atoms with E-state index >= 15 is 0 Å². The van der Waals surface area contributed by atoms with Gasteiger partial charge in [-0.25, -0.2) is 5.48 Å². The van der Waals surface area contributed by atoms with Gasteiger partial charge in [0.05, 0.1) is 6.54 Å². The molecule has 0 aliphatic rings. The van der Waals surface area contributed by atoms with Crippen LogP contribution in [-0.2, 0) is 4.79 Å². The fourth-order valence-corrected chi connectivity index (χ4v) is 2.34. The average molecular weight is 332 g/mol. The molecule has 7 heteroatoms. The Kier molecular flexibility index (Phi) is 6.34. The zero-order valence-electron chi connectivity index (χ0n) is 12.2. The quantitative estimate of drug-likeness (QED) is 0.313. The number of amides is 2. The molecule has 0 radical (unpaired) electrons. The summed E-state index contributed by atoms with van der Waals surface area (Å²) in [5.74, 6) is -0.196. The summed E-state index contributed by atoms with van der Waals surface area (Å²) in [5, 5.41) is 15.1. The average Bonchev–Trinajstić information content (AvgIpc) is 3.10. The van der Waals surface area contributed by atoms with E-state index in [9.17, 15) is 9.59 Å². The first-order valence-electron chi connectivity index (χ1n) is 6.84. The minimum absolute atomic E-state index is 0.185. The Morgan fingerprint density at radius 2 is 2.00 bits per heavy atom. The van der Waals surface area contributed by atoms with Crippen molar-refractivity contribution in [2.45, 2.75) is 0 Å². The van der Waals surface area contributed by atoms with Crippen molar-refractivity contribution in [2.24, 2.45) is 0 Å². The van der Waals surface area contributed by atoms with Crippen molar-refractivity contribution in [3.8, 4) is 5.75 Å². The van der Waals surface area contributed by atoms with E-state index in [2.05, 4.69) is 5.32 Å². The molecule has 2 amide bonds. The molecule has 0 aliphatic heterocycles. The molecule has 0 atom stereocenters. The molecule has 6 nitrogen and oxygen atoms in total. The first-order valence-corrected chi connectivity index (χ1v) is 7.79. The zero-order valence-corrected chi connectivity index (χ0v) is 13.0. The molecule has 0 saturated heterocycles. The highest BCUT2D eigenvalue weighted by Gasteiger charge is 2.03. The van der Waals surface area contributed by atoms with Crippen LogP contribution in [-0.4, -0.2) is 30.2 Å². The van der Waals surface area contributed by atoms with Crippen LogP contribution in [0.4, 0.5) is 0 Å². The number of benzene rings is 1. The van der Waals surface area contributed by atoms with E-state index in [0.717, 1.165) is 5.56 Å². The Morgan fingerprint density at radius 1 is 1.22 bits per heavy atom. The number of rotatable bonds is 7. The lowest BCUT2D eigenvalue weighted by Crippen LogP contribution is -2.26. The van der Waals surface area contributed by atoms with E-state index in [1.54, 1.807) is 35.0 Å². The maximum atomic E-state index is 11.6. The first kappa shape index (κ1) is 16.7. The van der Waals surface area contributed by atoms with E-state index in [0.29, 0.717) is 24.5 Å². The number of carbonyl (C=O) groups excluding carboxylic acids is 2. The Bertz CT molecular complexity index is 666. The van der Waals surface area contributed by atoms with Gasteiger partial charge in [-0.3, -0.25) is 14.8 Å². The number of nitrogens with one attached hydrogen (secondary N) is 2. The molecule has 1 aromatic heterocycles. The van der Waals surface area contributed by atoms with E-state index in [-0.39, 0.29) is 5.91 Å². The summed E-state index contributed by atoms with van der Waals surface area (Å²) < 4.78 is 5.44. The van der Waals surface area contributed by atoms with Crippen molar-refractivity contribution in [1.82, 2.24) is 10.8 Å². The SMILES string of the molecule is O=C(/C=C/c1ccsc1)NCCOc1ccc(C(=O)NO)cc1. The lowest BCUT2D eigenvalue weighted by atomic mass is 10.2. The highest BCUT2D eigenvalue weighted by Crippen LogP contribution is 2.11. The predicted molar refractivity (Wildman–Crippen MR) is 87.6 cm³/mol. The van der Waals surface area contributed by atoms with Crippen LogP contribution < -0.4 is 15.5 Å². The molecule has 0 saturated carbocycles. The van der Waals surface area contributed by atoms with E-state index in [4.69, 9.17) is 9.94 Å². The van der Waals surface area contributed by atoms with Gasteiger partial charge < -0.3 is 10.1 Å². The van der Waals surface area contributed by atoms with Crippen LogP contribution >= 0.6 is 11.3 Å². The first-order chi connectivity index (χ1) is 11.2. The summed E-state index contributed by atoms with van der Waals surface area (Å²) >= 11 is 1.57. The van der Waals surface area contributed by atoms with Gasteiger partial charge in [-0.15, -0.1) is 0 Å². The van der Waals surface area contributed by atoms with Crippen LogP contribution in [0.25, 0.3) is 6.08 Å². The molecule has 120 valence electrons. The van der Waals surface area contributed by atoms with Gasteiger partial charge in [0.2, 0.25) is 5.91 Å². The monoisotopic (exact) mass is 332 g/mol. The molecular formula is C16H16N2O4S. The fourth-order valence-electron chi connectivity index (χ4n) is 1.71. The van der Waals surface area contributed by atoms with Crippen molar-refractivity contribution < 1.29 is 19.5 Å². The van der Waals surface area contributed by atoms with Crippen molar-refractivity contribution in [1.29, 1.82) is 0 Å². The van der Waals surface area contributed by atoms with Crippen LogP contribution in [0.2, 0.25) is 0 Å². The van der Waals surface area contributed by atoms with Crippen molar-refractivity contribution >= 4 is 29.2 Å². The lowest BCUT2D eigenvalue weighted by Gasteiger charge is -2.07. The van der Waals surface area contributed by atoms with Crippen molar-refractivity contribution in [3.63, 3.8) is 0 Å². The highest BCUT2D eigenvalue weighted by molar-refractivity contribution is 7.08. The molecule has 0 bridgehead atoms. The van der Waals surface area contributed by atoms with Gasteiger partial charge in [0.25, 0.3) is 5.91 Å².